The van der Waals surface area contributed by atoms with Crippen molar-refractivity contribution < 1.29 is 22.8 Å². The van der Waals surface area contributed by atoms with Crippen LogP contribution in [0.2, 0.25) is 0 Å². The summed E-state index contributed by atoms with van der Waals surface area (Å²) in [7, 11) is 0. The number of quaternary nitrogens is 1. The molecule has 1 amide bonds. The lowest BCUT2D eigenvalue weighted by atomic mass is 9.83. The second kappa shape index (κ2) is 11.5. The molecular weight excluding hydrogens is 558 g/mol. The first-order chi connectivity index (χ1) is 17.9. The number of amides is 1. The summed E-state index contributed by atoms with van der Waals surface area (Å²) in [6, 6.07) is 20.5. The molecule has 3 fully saturated rings. The smallest absolute Gasteiger partial charge is 0.415 e. The van der Waals surface area contributed by atoms with E-state index in [1.165, 1.54) is 28.0 Å². The van der Waals surface area contributed by atoms with Gasteiger partial charge in [-0.15, -0.1) is 11.8 Å². The number of ether oxygens (including phenoxy) is 1. The topological polar surface area (TPSA) is 29.5 Å². The van der Waals surface area contributed by atoms with Gasteiger partial charge in [0.2, 0.25) is 0 Å². The zero-order chi connectivity index (χ0) is 25.8. The lowest BCUT2D eigenvalue weighted by molar-refractivity contribution is -0.943. The highest BCUT2D eigenvalue weighted by Gasteiger charge is 2.47. The van der Waals surface area contributed by atoms with Crippen LogP contribution in [-0.2, 0) is 11.3 Å². The van der Waals surface area contributed by atoms with Gasteiger partial charge in [0.15, 0.2) is 6.10 Å². The minimum absolute atomic E-state index is 0.0985. The molecule has 4 nitrogen and oxygen atoms in total. The predicted octanol–water partition coefficient (Wildman–Crippen LogP) is 7.27. The van der Waals surface area contributed by atoms with E-state index in [2.05, 4.69) is 40.2 Å². The number of carbonyl (C=O) groups is 1. The maximum atomic E-state index is 14.7. The van der Waals surface area contributed by atoms with Crippen molar-refractivity contribution in [3.05, 3.63) is 94.5 Å². The molecule has 0 N–H and O–H groups in total. The molecule has 0 spiro atoms. The molecule has 1 atom stereocenters. The lowest BCUT2D eigenvalue weighted by Crippen LogP contribution is -2.65. The largest absolute Gasteiger partial charge is 0.440 e. The molecule has 0 aliphatic carbocycles. The average Bonchev–Trinajstić information content (AvgIpc) is 2.90. The van der Waals surface area contributed by atoms with Gasteiger partial charge in [-0.3, -0.25) is 4.90 Å². The first-order valence-corrected chi connectivity index (χ1v) is 14.4. The van der Waals surface area contributed by atoms with E-state index in [9.17, 15) is 13.6 Å². The van der Waals surface area contributed by atoms with Crippen LogP contribution in [0.4, 0.5) is 19.3 Å². The standard InChI is InChI=1S/C29H30BrF2N2O2S/c30-23-7-11-25(12-8-23)37-18-17-34-15-13-22(14-16-34)28(20-34)36-29(35)33(27-4-2-1-3-26(27)32)19-21-5-9-24(31)10-6-21/h1-12,22,28H,13-20H2/q+1/t22?,28-,34?/m0/s1. The summed E-state index contributed by atoms with van der Waals surface area (Å²) in [5.74, 6) is 0.475. The van der Waals surface area contributed by atoms with Gasteiger partial charge in [-0.25, -0.2) is 13.6 Å². The van der Waals surface area contributed by atoms with Crippen LogP contribution in [0.5, 0.6) is 0 Å². The molecule has 0 unspecified atom stereocenters. The van der Waals surface area contributed by atoms with Crippen molar-refractivity contribution in [1.29, 1.82) is 0 Å². The normalized spacial score (nSPS) is 22.6. The van der Waals surface area contributed by atoms with Gasteiger partial charge < -0.3 is 9.22 Å². The maximum Gasteiger partial charge on any atom is 0.415 e. The molecule has 3 aromatic rings. The fourth-order valence-corrected chi connectivity index (χ4v) is 6.75. The Kier molecular flexibility index (Phi) is 8.17. The monoisotopic (exact) mass is 587 g/mol. The molecule has 3 aliphatic heterocycles. The summed E-state index contributed by atoms with van der Waals surface area (Å²) in [5.41, 5.74) is 0.858. The van der Waals surface area contributed by atoms with Gasteiger partial charge in [0.25, 0.3) is 0 Å². The molecular formula is C29H30BrF2N2O2S+. The first kappa shape index (κ1) is 26.2. The van der Waals surface area contributed by atoms with Crippen molar-refractivity contribution in [3.8, 4) is 0 Å². The van der Waals surface area contributed by atoms with E-state index in [1.54, 1.807) is 30.3 Å². The van der Waals surface area contributed by atoms with Gasteiger partial charge in [0.05, 0.1) is 31.9 Å². The molecule has 3 saturated heterocycles. The number of piperidine rings is 3. The van der Waals surface area contributed by atoms with Crippen LogP contribution >= 0.6 is 27.7 Å². The summed E-state index contributed by atoms with van der Waals surface area (Å²) < 4.78 is 36.3. The molecule has 0 aromatic heterocycles. The predicted molar refractivity (Wildman–Crippen MR) is 147 cm³/mol. The van der Waals surface area contributed by atoms with E-state index < -0.39 is 11.9 Å². The summed E-state index contributed by atoms with van der Waals surface area (Å²) in [6.45, 7) is 4.12. The first-order valence-electron chi connectivity index (χ1n) is 12.6. The Balaban J connectivity index is 1.27. The number of thioether (sulfide) groups is 1. The number of para-hydroxylation sites is 1. The fourth-order valence-electron chi connectivity index (χ4n) is 5.44. The van der Waals surface area contributed by atoms with E-state index in [0.29, 0.717) is 11.5 Å². The zero-order valence-electron chi connectivity index (χ0n) is 20.5. The van der Waals surface area contributed by atoms with Crippen LogP contribution in [-0.4, -0.2) is 48.6 Å². The van der Waals surface area contributed by atoms with Gasteiger partial charge in [-0.1, -0.05) is 40.2 Å². The van der Waals surface area contributed by atoms with Gasteiger partial charge in [-0.05, 0) is 54.1 Å². The lowest BCUT2D eigenvalue weighted by Gasteiger charge is -2.52. The SMILES string of the molecule is O=C(O[C@H]1C[N+]2(CCSc3ccc(Br)cc3)CCC1CC2)N(Cc1ccc(F)cc1)c1ccccc1F. The zero-order valence-corrected chi connectivity index (χ0v) is 22.9. The Bertz CT molecular complexity index is 1220. The highest BCUT2D eigenvalue weighted by Crippen LogP contribution is 2.37. The molecule has 37 heavy (non-hydrogen) atoms. The maximum absolute atomic E-state index is 14.7. The van der Waals surface area contributed by atoms with Crippen LogP contribution in [0.3, 0.4) is 0 Å². The molecule has 0 saturated carbocycles. The van der Waals surface area contributed by atoms with E-state index in [1.807, 2.05) is 11.8 Å². The Morgan fingerprint density at radius 2 is 1.70 bits per heavy atom. The summed E-state index contributed by atoms with van der Waals surface area (Å²) >= 11 is 5.34. The highest BCUT2D eigenvalue weighted by atomic mass is 79.9. The number of anilines is 1. The summed E-state index contributed by atoms with van der Waals surface area (Å²) in [5, 5.41) is 0. The van der Waals surface area contributed by atoms with Crippen LogP contribution in [0, 0.1) is 17.6 Å². The third-order valence-corrected chi connectivity index (χ3v) is 9.08. The second-order valence-corrected chi connectivity index (χ2v) is 12.0. The van der Waals surface area contributed by atoms with E-state index in [4.69, 9.17) is 4.74 Å². The Morgan fingerprint density at radius 1 is 1.00 bits per heavy atom. The quantitative estimate of drug-likeness (QED) is 0.205. The van der Waals surface area contributed by atoms with E-state index in [-0.39, 0.29) is 24.2 Å². The van der Waals surface area contributed by atoms with Gasteiger partial charge >= 0.3 is 6.09 Å². The summed E-state index contributed by atoms with van der Waals surface area (Å²) in [6.07, 6.45) is 1.29. The molecule has 194 valence electrons. The molecule has 0 radical (unpaired) electrons. The molecule has 2 bridgehead atoms. The number of fused-ring (bicyclic) bond motifs is 3. The number of benzene rings is 3. The van der Waals surface area contributed by atoms with Crippen LogP contribution in [0.25, 0.3) is 0 Å². The van der Waals surface area contributed by atoms with Crippen LogP contribution in [0.1, 0.15) is 18.4 Å². The van der Waals surface area contributed by atoms with Crippen molar-refractivity contribution in [1.82, 2.24) is 0 Å². The third kappa shape index (κ3) is 6.36. The van der Waals surface area contributed by atoms with E-state index >= 15 is 0 Å². The minimum atomic E-state index is -0.560. The second-order valence-electron chi connectivity index (χ2n) is 9.92. The Labute approximate surface area is 229 Å². The van der Waals surface area contributed by atoms with Crippen molar-refractivity contribution in [3.63, 3.8) is 0 Å². The fraction of sp³-hybridized carbons (Fsp3) is 0.345. The van der Waals surface area contributed by atoms with Crippen molar-refractivity contribution >= 4 is 39.5 Å². The Morgan fingerprint density at radius 3 is 2.41 bits per heavy atom. The molecule has 8 heteroatoms. The highest BCUT2D eigenvalue weighted by molar-refractivity contribution is 9.10. The minimum Gasteiger partial charge on any atom is -0.440 e. The molecule has 3 heterocycles. The van der Waals surface area contributed by atoms with Crippen LogP contribution in [0.15, 0.2) is 82.2 Å². The number of halogens is 3. The van der Waals surface area contributed by atoms with Gasteiger partial charge in [-0.2, -0.15) is 0 Å². The molecule has 3 aromatic carbocycles. The van der Waals surface area contributed by atoms with Gasteiger partial charge in [0.1, 0.15) is 18.2 Å². The van der Waals surface area contributed by atoms with Gasteiger partial charge in [0, 0.05) is 33.9 Å². The third-order valence-electron chi connectivity index (χ3n) is 7.56. The number of carbonyl (C=O) groups excluding carboxylic acids is 1. The average molecular weight is 589 g/mol. The number of rotatable bonds is 8. The van der Waals surface area contributed by atoms with E-state index in [0.717, 1.165) is 53.7 Å². The Hall–Kier alpha value is -2.42. The molecule has 6 rings (SSSR count). The number of hydrogen-bond acceptors (Lipinski definition) is 3. The van der Waals surface area contributed by atoms with Crippen molar-refractivity contribution in [2.45, 2.75) is 30.4 Å². The van der Waals surface area contributed by atoms with Crippen molar-refractivity contribution in [2.75, 3.05) is 36.8 Å². The number of hydrogen-bond donors (Lipinski definition) is 0. The summed E-state index contributed by atoms with van der Waals surface area (Å²) in [4.78, 5) is 16.1. The molecule has 3 aliphatic rings. The van der Waals surface area contributed by atoms with Crippen molar-refractivity contribution in [2.24, 2.45) is 5.92 Å². The number of nitrogens with zero attached hydrogens (tertiary/aromatic N) is 2. The van der Waals surface area contributed by atoms with Crippen LogP contribution < -0.4 is 4.90 Å².